The number of rotatable bonds is 3. The molecule has 2 aliphatic heterocycles. The van der Waals surface area contributed by atoms with Crippen LogP contribution in [0.5, 0.6) is 0 Å². The molecule has 0 saturated carbocycles. The zero-order valence-corrected chi connectivity index (χ0v) is 13.4. The molecule has 0 unspecified atom stereocenters. The van der Waals surface area contributed by atoms with E-state index in [9.17, 15) is 18.4 Å². The van der Waals surface area contributed by atoms with Crippen molar-refractivity contribution in [3.63, 3.8) is 0 Å². The summed E-state index contributed by atoms with van der Waals surface area (Å²) in [5.74, 6) is -2.10. The number of hydrogen-bond acceptors (Lipinski definition) is 3. The third-order valence-electron chi connectivity index (χ3n) is 4.95. The van der Waals surface area contributed by atoms with Gasteiger partial charge in [-0.2, -0.15) is 0 Å². The van der Waals surface area contributed by atoms with Gasteiger partial charge >= 0.3 is 0 Å². The fourth-order valence-electron chi connectivity index (χ4n) is 4.06. The lowest BCUT2D eigenvalue weighted by Crippen LogP contribution is -2.52. The van der Waals surface area contributed by atoms with Gasteiger partial charge in [0.2, 0.25) is 11.8 Å². The van der Waals surface area contributed by atoms with Crippen LogP contribution in [0.2, 0.25) is 0 Å². The number of nitrogens with one attached hydrogen (secondary N) is 1. The second-order valence-corrected chi connectivity index (χ2v) is 6.80. The predicted molar refractivity (Wildman–Crippen MR) is 84.1 cm³/mol. The van der Waals surface area contributed by atoms with E-state index in [1.165, 1.54) is 12.1 Å². The maximum Gasteiger partial charge on any atom is 0.231 e. The Hall–Kier alpha value is -2.02. The quantitative estimate of drug-likeness (QED) is 0.872. The van der Waals surface area contributed by atoms with E-state index in [1.54, 1.807) is 0 Å². The van der Waals surface area contributed by atoms with E-state index in [2.05, 4.69) is 5.32 Å². The summed E-state index contributed by atoms with van der Waals surface area (Å²) in [6, 6.07) is 3.44. The Morgan fingerprint density at radius 2 is 2.00 bits per heavy atom. The van der Waals surface area contributed by atoms with E-state index < -0.39 is 23.1 Å². The lowest BCUT2D eigenvalue weighted by Gasteiger charge is -2.35. The highest BCUT2D eigenvalue weighted by Crippen LogP contribution is 2.41. The van der Waals surface area contributed by atoms with Gasteiger partial charge in [0.25, 0.3) is 0 Å². The number of carbonyl (C=O) groups excluding carboxylic acids is 2. The Balaban J connectivity index is 1.98. The molecule has 3 rings (SSSR count). The van der Waals surface area contributed by atoms with Crippen molar-refractivity contribution in [2.75, 3.05) is 19.6 Å². The molecule has 0 aromatic heterocycles. The Morgan fingerprint density at radius 1 is 1.29 bits per heavy atom. The van der Waals surface area contributed by atoms with Gasteiger partial charge in [0.15, 0.2) is 0 Å². The average Bonchev–Trinajstić information content (AvgIpc) is 2.68. The molecule has 24 heavy (non-hydrogen) atoms. The smallest absolute Gasteiger partial charge is 0.231 e. The maximum atomic E-state index is 13.7. The number of carbonyl (C=O) groups is 2. The molecule has 2 saturated heterocycles. The number of benzene rings is 1. The molecule has 1 aromatic rings. The van der Waals surface area contributed by atoms with Crippen molar-refractivity contribution in [1.29, 1.82) is 0 Å². The van der Waals surface area contributed by atoms with E-state index in [1.807, 2.05) is 4.90 Å². The minimum Gasteiger partial charge on any atom is -0.369 e. The monoisotopic (exact) mass is 337 g/mol. The molecule has 0 radical (unpaired) electrons. The fourth-order valence-corrected chi connectivity index (χ4v) is 4.06. The first kappa shape index (κ1) is 16.8. The first-order chi connectivity index (χ1) is 11.4. The number of hydrogen-bond donors (Lipinski definition) is 2. The van der Waals surface area contributed by atoms with Gasteiger partial charge in [-0.1, -0.05) is 6.42 Å². The Morgan fingerprint density at radius 3 is 2.67 bits per heavy atom. The SMILES string of the molecule is NC(=O)CN1C[C@@H](c2cc(F)cc(F)c2)[C@@]2(CCCCC(=O)N2)C1. The van der Waals surface area contributed by atoms with Gasteiger partial charge in [0, 0.05) is 31.5 Å². The normalized spacial score (nSPS) is 27.9. The summed E-state index contributed by atoms with van der Waals surface area (Å²) in [5.41, 5.74) is 5.17. The van der Waals surface area contributed by atoms with Crippen molar-refractivity contribution in [3.05, 3.63) is 35.4 Å². The first-order valence-electron chi connectivity index (χ1n) is 8.16. The second kappa shape index (κ2) is 6.47. The molecule has 1 spiro atoms. The first-order valence-corrected chi connectivity index (χ1v) is 8.16. The molecule has 2 atom stereocenters. The molecule has 5 nitrogen and oxygen atoms in total. The highest BCUT2D eigenvalue weighted by atomic mass is 19.1. The number of likely N-dealkylation sites (tertiary alicyclic amines) is 1. The van der Waals surface area contributed by atoms with Crippen molar-refractivity contribution in [2.45, 2.75) is 37.1 Å². The van der Waals surface area contributed by atoms with Crippen molar-refractivity contribution >= 4 is 11.8 Å². The summed E-state index contributed by atoms with van der Waals surface area (Å²) in [5, 5.41) is 3.07. The third-order valence-corrected chi connectivity index (χ3v) is 4.95. The van der Waals surface area contributed by atoms with Crippen molar-refractivity contribution < 1.29 is 18.4 Å². The number of primary amides is 1. The molecule has 130 valence electrons. The van der Waals surface area contributed by atoms with E-state index in [0.717, 1.165) is 18.9 Å². The molecule has 0 bridgehead atoms. The largest absolute Gasteiger partial charge is 0.369 e. The number of amides is 2. The van der Waals surface area contributed by atoms with Crippen molar-refractivity contribution in [3.8, 4) is 0 Å². The van der Waals surface area contributed by atoms with Crippen LogP contribution in [0.15, 0.2) is 18.2 Å². The zero-order valence-electron chi connectivity index (χ0n) is 13.4. The highest BCUT2D eigenvalue weighted by molar-refractivity contribution is 5.78. The van der Waals surface area contributed by atoms with Crippen LogP contribution in [0.3, 0.4) is 0 Å². The van der Waals surface area contributed by atoms with Gasteiger partial charge in [-0.15, -0.1) is 0 Å². The fraction of sp³-hybridized carbons (Fsp3) is 0.529. The van der Waals surface area contributed by atoms with E-state index in [4.69, 9.17) is 5.73 Å². The van der Waals surface area contributed by atoms with Crippen LogP contribution in [-0.4, -0.2) is 41.9 Å². The van der Waals surface area contributed by atoms with Gasteiger partial charge in [-0.05, 0) is 30.5 Å². The maximum absolute atomic E-state index is 13.7. The molecule has 3 N–H and O–H groups in total. The summed E-state index contributed by atoms with van der Waals surface area (Å²) in [6.07, 6.45) is 2.78. The molecular formula is C17H21F2N3O2. The zero-order chi connectivity index (χ0) is 17.3. The van der Waals surface area contributed by atoms with Crippen molar-refractivity contribution in [2.24, 2.45) is 5.73 Å². The van der Waals surface area contributed by atoms with Gasteiger partial charge in [-0.25, -0.2) is 8.78 Å². The number of nitrogens with zero attached hydrogens (tertiary/aromatic N) is 1. The van der Waals surface area contributed by atoms with Crippen LogP contribution in [0.4, 0.5) is 8.78 Å². The van der Waals surface area contributed by atoms with Crippen LogP contribution >= 0.6 is 0 Å². The van der Waals surface area contributed by atoms with Gasteiger partial charge in [0.1, 0.15) is 11.6 Å². The van der Waals surface area contributed by atoms with E-state index in [0.29, 0.717) is 31.5 Å². The predicted octanol–water partition coefficient (Wildman–Crippen LogP) is 1.28. The summed E-state index contributed by atoms with van der Waals surface area (Å²) in [4.78, 5) is 25.2. The molecule has 0 aliphatic carbocycles. The average molecular weight is 337 g/mol. The second-order valence-electron chi connectivity index (χ2n) is 6.80. The molecule has 2 amide bonds. The van der Waals surface area contributed by atoms with Crippen LogP contribution in [-0.2, 0) is 9.59 Å². The van der Waals surface area contributed by atoms with E-state index >= 15 is 0 Å². The summed E-state index contributed by atoms with van der Waals surface area (Å²) in [7, 11) is 0. The summed E-state index contributed by atoms with van der Waals surface area (Å²) >= 11 is 0. The topological polar surface area (TPSA) is 75.4 Å². The molecular weight excluding hydrogens is 316 g/mol. The number of nitrogens with two attached hydrogens (primary N) is 1. The van der Waals surface area contributed by atoms with Crippen LogP contribution in [0, 0.1) is 11.6 Å². The van der Waals surface area contributed by atoms with Crippen LogP contribution < -0.4 is 11.1 Å². The lowest BCUT2D eigenvalue weighted by atomic mass is 9.79. The standard InChI is InChI=1S/C17H21F2N3O2/c18-12-5-11(6-13(19)7-12)14-8-22(9-15(20)23)10-17(14)4-2-1-3-16(24)21-17/h5-7,14H,1-4,8-10H2,(H2,20,23)(H,21,24)/t14-,17+/m0/s1. The van der Waals surface area contributed by atoms with Crippen LogP contribution in [0.25, 0.3) is 0 Å². The molecule has 2 aliphatic rings. The third kappa shape index (κ3) is 3.40. The lowest BCUT2D eigenvalue weighted by molar-refractivity contribution is -0.122. The Labute approximate surface area is 139 Å². The Bertz CT molecular complexity index is 647. The minimum absolute atomic E-state index is 0.0599. The van der Waals surface area contributed by atoms with Gasteiger partial charge in [0.05, 0.1) is 12.1 Å². The molecule has 1 aromatic carbocycles. The molecule has 2 fully saturated rings. The minimum atomic E-state index is -0.645. The van der Waals surface area contributed by atoms with Crippen molar-refractivity contribution in [1.82, 2.24) is 10.2 Å². The summed E-state index contributed by atoms with van der Waals surface area (Å²) < 4.78 is 27.4. The van der Waals surface area contributed by atoms with Gasteiger partial charge in [-0.3, -0.25) is 14.5 Å². The summed E-state index contributed by atoms with van der Waals surface area (Å²) in [6.45, 7) is 0.933. The molecule has 7 heteroatoms. The van der Waals surface area contributed by atoms with Gasteiger partial charge < -0.3 is 11.1 Å². The van der Waals surface area contributed by atoms with E-state index in [-0.39, 0.29) is 18.4 Å². The van der Waals surface area contributed by atoms with Crippen LogP contribution in [0.1, 0.15) is 37.2 Å². The Kier molecular flexibility index (Phi) is 4.54. The molecule has 2 heterocycles. The highest BCUT2D eigenvalue weighted by Gasteiger charge is 2.48. The number of halogens is 2.